The topological polar surface area (TPSA) is 84.5 Å². The SMILES string of the molecule is Cc1ccc(C)c(S(=O)(=O)NCCNC(=O)COCc2ccccc2)c1. The highest BCUT2D eigenvalue weighted by Crippen LogP contribution is 2.16. The van der Waals surface area contributed by atoms with Gasteiger partial charge in [-0.2, -0.15) is 0 Å². The zero-order chi connectivity index (χ0) is 19.0. The molecule has 0 aliphatic heterocycles. The fourth-order valence-electron chi connectivity index (χ4n) is 2.35. The summed E-state index contributed by atoms with van der Waals surface area (Å²) >= 11 is 0. The van der Waals surface area contributed by atoms with Crippen LogP contribution in [0, 0.1) is 13.8 Å². The van der Waals surface area contributed by atoms with E-state index in [1.807, 2.05) is 43.3 Å². The molecule has 0 aliphatic rings. The smallest absolute Gasteiger partial charge is 0.246 e. The summed E-state index contributed by atoms with van der Waals surface area (Å²) in [5.74, 6) is -0.285. The average Bonchev–Trinajstić information content (AvgIpc) is 2.62. The second kappa shape index (κ2) is 9.47. The molecule has 0 heterocycles. The Kier molecular flexibility index (Phi) is 7.32. The molecule has 0 spiro atoms. The Hall–Kier alpha value is -2.22. The van der Waals surface area contributed by atoms with Gasteiger partial charge in [-0.05, 0) is 36.6 Å². The molecule has 26 heavy (non-hydrogen) atoms. The first-order chi connectivity index (χ1) is 12.4. The number of ether oxygens (including phenoxy) is 1. The molecule has 0 aliphatic carbocycles. The average molecular weight is 376 g/mol. The van der Waals surface area contributed by atoms with E-state index in [0.717, 1.165) is 11.1 Å². The summed E-state index contributed by atoms with van der Waals surface area (Å²) in [7, 11) is -3.60. The predicted molar refractivity (Wildman–Crippen MR) is 100 cm³/mol. The van der Waals surface area contributed by atoms with Crippen molar-refractivity contribution in [3.05, 3.63) is 65.2 Å². The first-order valence-corrected chi connectivity index (χ1v) is 9.82. The van der Waals surface area contributed by atoms with Crippen molar-refractivity contribution in [2.75, 3.05) is 19.7 Å². The molecule has 0 saturated carbocycles. The maximum atomic E-state index is 12.3. The van der Waals surface area contributed by atoms with Crippen molar-refractivity contribution in [2.24, 2.45) is 0 Å². The molecule has 0 saturated heterocycles. The predicted octanol–water partition coefficient (Wildman–Crippen LogP) is 1.91. The molecule has 0 bridgehead atoms. The van der Waals surface area contributed by atoms with Crippen LogP contribution in [0.2, 0.25) is 0 Å². The van der Waals surface area contributed by atoms with Crippen LogP contribution in [0.4, 0.5) is 0 Å². The van der Waals surface area contributed by atoms with Crippen molar-refractivity contribution >= 4 is 15.9 Å². The lowest BCUT2D eigenvalue weighted by Gasteiger charge is -2.11. The van der Waals surface area contributed by atoms with E-state index >= 15 is 0 Å². The molecule has 0 radical (unpaired) electrons. The van der Waals surface area contributed by atoms with Gasteiger partial charge in [-0.1, -0.05) is 42.5 Å². The number of nitrogens with one attached hydrogen (secondary N) is 2. The van der Waals surface area contributed by atoms with Crippen LogP contribution in [0.3, 0.4) is 0 Å². The van der Waals surface area contributed by atoms with E-state index in [4.69, 9.17) is 4.74 Å². The highest BCUT2D eigenvalue weighted by molar-refractivity contribution is 7.89. The van der Waals surface area contributed by atoms with E-state index in [1.165, 1.54) is 0 Å². The second-order valence-corrected chi connectivity index (χ2v) is 7.73. The van der Waals surface area contributed by atoms with Gasteiger partial charge in [0.2, 0.25) is 15.9 Å². The van der Waals surface area contributed by atoms with Gasteiger partial charge in [0.05, 0.1) is 11.5 Å². The van der Waals surface area contributed by atoms with Crippen LogP contribution in [-0.2, 0) is 26.2 Å². The Morgan fingerprint density at radius 2 is 1.77 bits per heavy atom. The van der Waals surface area contributed by atoms with E-state index in [1.54, 1.807) is 19.1 Å². The van der Waals surface area contributed by atoms with E-state index in [0.29, 0.717) is 12.2 Å². The number of rotatable bonds is 9. The normalized spacial score (nSPS) is 11.3. The third-order valence-electron chi connectivity index (χ3n) is 3.72. The van der Waals surface area contributed by atoms with Gasteiger partial charge in [-0.3, -0.25) is 4.79 Å². The number of hydrogen-bond donors (Lipinski definition) is 2. The Morgan fingerprint density at radius 1 is 1.04 bits per heavy atom. The van der Waals surface area contributed by atoms with Crippen molar-refractivity contribution in [3.63, 3.8) is 0 Å². The molecule has 0 unspecified atom stereocenters. The van der Waals surface area contributed by atoms with Gasteiger partial charge in [-0.25, -0.2) is 13.1 Å². The van der Waals surface area contributed by atoms with Crippen LogP contribution >= 0.6 is 0 Å². The Balaban J connectivity index is 1.70. The molecule has 7 heteroatoms. The van der Waals surface area contributed by atoms with Gasteiger partial charge < -0.3 is 10.1 Å². The molecule has 0 atom stereocenters. The Bertz CT molecular complexity index is 836. The maximum Gasteiger partial charge on any atom is 0.246 e. The summed E-state index contributed by atoms with van der Waals surface area (Å²) in [6.07, 6.45) is 0. The molecule has 2 rings (SSSR count). The largest absolute Gasteiger partial charge is 0.367 e. The molecule has 2 aromatic carbocycles. The first kappa shape index (κ1) is 20.1. The number of amides is 1. The minimum absolute atomic E-state index is 0.0708. The van der Waals surface area contributed by atoms with Crippen LogP contribution in [0.5, 0.6) is 0 Å². The molecule has 1 amide bonds. The number of aryl methyl sites for hydroxylation is 2. The molecule has 2 N–H and O–H groups in total. The van der Waals surface area contributed by atoms with Crippen LogP contribution in [0.25, 0.3) is 0 Å². The lowest BCUT2D eigenvalue weighted by molar-refractivity contribution is -0.126. The lowest BCUT2D eigenvalue weighted by Crippen LogP contribution is -2.36. The summed E-state index contributed by atoms with van der Waals surface area (Å²) in [5, 5.41) is 2.63. The minimum Gasteiger partial charge on any atom is -0.367 e. The standard InChI is InChI=1S/C19H24N2O4S/c1-15-8-9-16(2)18(12-15)26(23,24)21-11-10-20-19(22)14-25-13-17-6-4-3-5-7-17/h3-9,12,21H,10-11,13-14H2,1-2H3,(H,20,22). The van der Waals surface area contributed by atoms with Crippen molar-refractivity contribution in [1.29, 1.82) is 0 Å². The maximum absolute atomic E-state index is 12.3. The van der Waals surface area contributed by atoms with Gasteiger partial charge >= 0.3 is 0 Å². The monoisotopic (exact) mass is 376 g/mol. The molecule has 0 aromatic heterocycles. The number of benzene rings is 2. The number of hydrogen-bond acceptors (Lipinski definition) is 4. The molecular weight excluding hydrogens is 352 g/mol. The van der Waals surface area contributed by atoms with Crippen LogP contribution in [-0.4, -0.2) is 34.0 Å². The summed E-state index contributed by atoms with van der Waals surface area (Å²) in [4.78, 5) is 12.0. The summed E-state index contributed by atoms with van der Waals surface area (Å²) in [6.45, 7) is 4.18. The van der Waals surface area contributed by atoms with Crippen molar-refractivity contribution in [1.82, 2.24) is 10.0 Å². The van der Waals surface area contributed by atoms with Gasteiger partial charge in [0.15, 0.2) is 0 Å². The first-order valence-electron chi connectivity index (χ1n) is 8.34. The van der Waals surface area contributed by atoms with Crippen LogP contribution in [0.1, 0.15) is 16.7 Å². The minimum atomic E-state index is -3.60. The van der Waals surface area contributed by atoms with E-state index in [-0.39, 0.29) is 30.5 Å². The Morgan fingerprint density at radius 3 is 2.50 bits per heavy atom. The van der Waals surface area contributed by atoms with E-state index < -0.39 is 10.0 Å². The number of carbonyl (C=O) groups is 1. The molecule has 140 valence electrons. The third-order valence-corrected chi connectivity index (χ3v) is 5.32. The molecule has 0 fully saturated rings. The number of carbonyl (C=O) groups excluding carboxylic acids is 1. The van der Waals surface area contributed by atoms with Crippen LogP contribution in [0.15, 0.2) is 53.4 Å². The lowest BCUT2D eigenvalue weighted by atomic mass is 10.2. The molecule has 6 nitrogen and oxygen atoms in total. The van der Waals surface area contributed by atoms with Gasteiger partial charge in [0, 0.05) is 13.1 Å². The van der Waals surface area contributed by atoms with Crippen molar-refractivity contribution < 1.29 is 17.9 Å². The fourth-order valence-corrected chi connectivity index (χ4v) is 3.71. The van der Waals surface area contributed by atoms with Gasteiger partial charge in [0.25, 0.3) is 0 Å². The van der Waals surface area contributed by atoms with Crippen molar-refractivity contribution in [3.8, 4) is 0 Å². The summed E-state index contributed by atoms with van der Waals surface area (Å²) < 4.78 is 32.5. The molecule has 2 aromatic rings. The highest BCUT2D eigenvalue weighted by atomic mass is 32.2. The quantitative estimate of drug-likeness (QED) is 0.655. The zero-order valence-corrected chi connectivity index (χ0v) is 15.8. The fraction of sp³-hybridized carbons (Fsp3) is 0.316. The summed E-state index contributed by atoms with van der Waals surface area (Å²) in [5.41, 5.74) is 2.54. The Labute approximate surface area is 154 Å². The van der Waals surface area contributed by atoms with Crippen LogP contribution < -0.4 is 10.0 Å². The highest BCUT2D eigenvalue weighted by Gasteiger charge is 2.16. The van der Waals surface area contributed by atoms with Crippen molar-refractivity contribution in [2.45, 2.75) is 25.3 Å². The number of sulfonamides is 1. The second-order valence-electron chi connectivity index (χ2n) is 6.00. The molecular formula is C19H24N2O4S. The van der Waals surface area contributed by atoms with Gasteiger partial charge in [-0.15, -0.1) is 0 Å². The summed E-state index contributed by atoms with van der Waals surface area (Å²) in [6, 6.07) is 14.8. The zero-order valence-electron chi connectivity index (χ0n) is 15.0. The van der Waals surface area contributed by atoms with Gasteiger partial charge in [0.1, 0.15) is 6.61 Å². The van der Waals surface area contributed by atoms with E-state index in [9.17, 15) is 13.2 Å². The third kappa shape index (κ3) is 6.25. The van der Waals surface area contributed by atoms with E-state index in [2.05, 4.69) is 10.0 Å².